The van der Waals surface area contributed by atoms with E-state index in [2.05, 4.69) is 38.3 Å². The summed E-state index contributed by atoms with van der Waals surface area (Å²) in [6.45, 7) is 3.77. The van der Waals surface area contributed by atoms with E-state index >= 15 is 0 Å². The fourth-order valence-corrected chi connectivity index (χ4v) is 3.11. The summed E-state index contributed by atoms with van der Waals surface area (Å²) in [6, 6.07) is 18.3. The second-order valence-corrected chi connectivity index (χ2v) is 6.51. The summed E-state index contributed by atoms with van der Waals surface area (Å²) < 4.78 is 1.08. The minimum absolute atomic E-state index is 0.0164. The van der Waals surface area contributed by atoms with Crippen LogP contribution in [0.2, 0.25) is 0 Å². The molecule has 3 rings (SSSR count). The lowest BCUT2D eigenvalue weighted by atomic mass is 10.2. The van der Waals surface area contributed by atoms with Crippen LogP contribution in [-0.2, 0) is 6.54 Å². The van der Waals surface area contributed by atoms with E-state index in [0.29, 0.717) is 6.54 Å². The lowest BCUT2D eigenvalue weighted by Crippen LogP contribution is -2.51. The van der Waals surface area contributed by atoms with Crippen molar-refractivity contribution in [3.63, 3.8) is 0 Å². The van der Waals surface area contributed by atoms with Crippen LogP contribution in [0.5, 0.6) is 0 Å². The van der Waals surface area contributed by atoms with Gasteiger partial charge in [0.05, 0.1) is 0 Å². The zero-order valence-electron chi connectivity index (χ0n) is 12.9. The molecule has 0 atom stereocenters. The first-order chi connectivity index (χ1) is 11.2. The number of urea groups is 1. The van der Waals surface area contributed by atoms with E-state index < -0.39 is 0 Å². The molecular weight excluding hydrogens is 354 g/mol. The van der Waals surface area contributed by atoms with Gasteiger partial charge >= 0.3 is 6.03 Å². The number of benzene rings is 2. The van der Waals surface area contributed by atoms with Gasteiger partial charge in [-0.3, -0.25) is 0 Å². The normalized spacial score (nSPS) is 14.7. The first kappa shape index (κ1) is 15.9. The molecule has 0 bridgehead atoms. The van der Waals surface area contributed by atoms with E-state index in [-0.39, 0.29) is 6.03 Å². The number of amides is 2. The molecule has 5 heteroatoms. The first-order valence-electron chi connectivity index (χ1n) is 7.79. The van der Waals surface area contributed by atoms with Gasteiger partial charge in [-0.25, -0.2) is 4.79 Å². The molecule has 0 aromatic heterocycles. The van der Waals surface area contributed by atoms with Gasteiger partial charge in [-0.1, -0.05) is 52.3 Å². The van der Waals surface area contributed by atoms with E-state index in [1.54, 1.807) is 0 Å². The van der Waals surface area contributed by atoms with Crippen molar-refractivity contribution in [2.75, 3.05) is 31.1 Å². The van der Waals surface area contributed by atoms with Crippen molar-refractivity contribution in [3.05, 3.63) is 64.6 Å². The van der Waals surface area contributed by atoms with Crippen LogP contribution in [0.1, 0.15) is 5.56 Å². The molecule has 2 amide bonds. The van der Waals surface area contributed by atoms with Crippen molar-refractivity contribution in [2.24, 2.45) is 0 Å². The number of nitrogens with one attached hydrogen (secondary N) is 1. The number of halogens is 1. The molecule has 1 saturated heterocycles. The van der Waals surface area contributed by atoms with Crippen LogP contribution >= 0.6 is 15.9 Å². The number of hydrogen-bond acceptors (Lipinski definition) is 2. The largest absolute Gasteiger partial charge is 0.368 e. The van der Waals surface area contributed by atoms with E-state index in [1.807, 2.05) is 47.4 Å². The summed E-state index contributed by atoms with van der Waals surface area (Å²) in [5, 5.41) is 2.99. The van der Waals surface area contributed by atoms with Gasteiger partial charge < -0.3 is 15.1 Å². The van der Waals surface area contributed by atoms with E-state index in [1.165, 1.54) is 5.69 Å². The summed E-state index contributed by atoms with van der Waals surface area (Å²) in [5.41, 5.74) is 2.32. The smallest absolute Gasteiger partial charge is 0.317 e. The molecule has 1 aliphatic rings. The van der Waals surface area contributed by atoms with Gasteiger partial charge in [0.25, 0.3) is 0 Å². The Morgan fingerprint density at radius 2 is 1.74 bits per heavy atom. The Morgan fingerprint density at radius 3 is 2.43 bits per heavy atom. The van der Waals surface area contributed by atoms with Crippen LogP contribution in [0.4, 0.5) is 10.5 Å². The number of hydrogen-bond donors (Lipinski definition) is 1. The van der Waals surface area contributed by atoms with E-state index in [9.17, 15) is 4.79 Å². The van der Waals surface area contributed by atoms with Crippen LogP contribution < -0.4 is 10.2 Å². The number of anilines is 1. The number of nitrogens with zero attached hydrogens (tertiary/aromatic N) is 2. The van der Waals surface area contributed by atoms with Gasteiger partial charge in [0, 0.05) is 42.9 Å². The summed E-state index contributed by atoms with van der Waals surface area (Å²) in [7, 11) is 0. The predicted octanol–water partition coefficient (Wildman–Crippen LogP) is 3.48. The Balaban J connectivity index is 1.49. The maximum Gasteiger partial charge on any atom is 0.317 e. The second kappa shape index (κ2) is 7.51. The molecule has 1 aliphatic heterocycles. The zero-order valence-corrected chi connectivity index (χ0v) is 14.5. The Bertz CT molecular complexity index is 654. The molecule has 4 nitrogen and oxygen atoms in total. The maximum atomic E-state index is 12.3. The van der Waals surface area contributed by atoms with Crippen molar-refractivity contribution < 1.29 is 4.79 Å². The van der Waals surface area contributed by atoms with Crippen LogP contribution in [0.3, 0.4) is 0 Å². The molecule has 0 unspecified atom stereocenters. The van der Waals surface area contributed by atoms with Crippen LogP contribution in [0.15, 0.2) is 59.1 Å². The molecule has 23 heavy (non-hydrogen) atoms. The number of carbonyl (C=O) groups is 1. The van der Waals surface area contributed by atoms with Crippen LogP contribution in [0, 0.1) is 0 Å². The highest BCUT2D eigenvalue weighted by Gasteiger charge is 2.21. The minimum atomic E-state index is 0.0164. The summed E-state index contributed by atoms with van der Waals surface area (Å²) in [4.78, 5) is 16.5. The fourth-order valence-electron chi connectivity index (χ4n) is 2.73. The van der Waals surface area contributed by atoms with Gasteiger partial charge in [0.15, 0.2) is 0 Å². The lowest BCUT2D eigenvalue weighted by Gasteiger charge is -2.36. The van der Waals surface area contributed by atoms with Crippen molar-refractivity contribution in [3.8, 4) is 0 Å². The highest BCUT2D eigenvalue weighted by Crippen LogP contribution is 2.21. The zero-order chi connectivity index (χ0) is 16.1. The van der Waals surface area contributed by atoms with Crippen LogP contribution in [0.25, 0.3) is 0 Å². The molecule has 1 N–H and O–H groups in total. The maximum absolute atomic E-state index is 12.3. The second-order valence-electron chi connectivity index (χ2n) is 5.60. The van der Waals surface area contributed by atoms with Crippen molar-refractivity contribution in [2.45, 2.75) is 6.54 Å². The Morgan fingerprint density at radius 1 is 1.00 bits per heavy atom. The standard InChI is InChI=1S/C18H20BrN3O/c19-16-7-4-8-17(13-16)21-9-11-22(12-10-21)18(23)20-14-15-5-2-1-3-6-15/h1-8,13H,9-12,14H2,(H,20,23). The lowest BCUT2D eigenvalue weighted by molar-refractivity contribution is 0.194. The predicted molar refractivity (Wildman–Crippen MR) is 96.6 cm³/mol. The summed E-state index contributed by atoms with van der Waals surface area (Å²) in [6.07, 6.45) is 0. The molecule has 120 valence electrons. The highest BCUT2D eigenvalue weighted by atomic mass is 79.9. The number of carbonyl (C=O) groups excluding carboxylic acids is 1. The third-order valence-electron chi connectivity index (χ3n) is 4.03. The summed E-state index contributed by atoms with van der Waals surface area (Å²) >= 11 is 3.51. The average molecular weight is 374 g/mol. The van der Waals surface area contributed by atoms with Crippen molar-refractivity contribution >= 4 is 27.6 Å². The molecule has 0 spiro atoms. The van der Waals surface area contributed by atoms with Gasteiger partial charge in [-0.15, -0.1) is 0 Å². The van der Waals surface area contributed by atoms with Gasteiger partial charge in [0.2, 0.25) is 0 Å². The molecule has 1 fully saturated rings. The molecule has 0 aliphatic carbocycles. The Kier molecular flexibility index (Phi) is 5.18. The molecule has 1 heterocycles. The summed E-state index contributed by atoms with van der Waals surface area (Å²) in [5.74, 6) is 0. The quantitative estimate of drug-likeness (QED) is 0.893. The third kappa shape index (κ3) is 4.26. The Labute approximate surface area is 145 Å². The Hall–Kier alpha value is -2.01. The van der Waals surface area contributed by atoms with Crippen molar-refractivity contribution in [1.82, 2.24) is 10.2 Å². The third-order valence-corrected chi connectivity index (χ3v) is 4.52. The first-order valence-corrected chi connectivity index (χ1v) is 8.59. The number of piperazine rings is 1. The van der Waals surface area contributed by atoms with Crippen molar-refractivity contribution in [1.29, 1.82) is 0 Å². The van der Waals surface area contributed by atoms with Gasteiger partial charge in [0.1, 0.15) is 0 Å². The fraction of sp³-hybridized carbons (Fsp3) is 0.278. The molecule has 0 radical (unpaired) electrons. The van der Waals surface area contributed by atoms with Gasteiger partial charge in [-0.2, -0.15) is 0 Å². The highest BCUT2D eigenvalue weighted by molar-refractivity contribution is 9.10. The van der Waals surface area contributed by atoms with E-state index in [4.69, 9.17) is 0 Å². The van der Waals surface area contributed by atoms with Crippen LogP contribution in [-0.4, -0.2) is 37.1 Å². The van der Waals surface area contributed by atoms with E-state index in [0.717, 1.165) is 36.2 Å². The SMILES string of the molecule is O=C(NCc1ccccc1)N1CCN(c2cccc(Br)c2)CC1. The average Bonchev–Trinajstić information content (AvgIpc) is 2.61. The molecule has 0 saturated carbocycles. The van der Waals surface area contributed by atoms with Gasteiger partial charge in [-0.05, 0) is 23.8 Å². The topological polar surface area (TPSA) is 35.6 Å². The monoisotopic (exact) mass is 373 g/mol. The minimum Gasteiger partial charge on any atom is -0.368 e. The molecule has 2 aromatic rings. The number of rotatable bonds is 3. The molecule has 2 aromatic carbocycles. The molecular formula is C18H20BrN3O.